The average Bonchev–Trinajstić information content (AvgIpc) is 3.06. The molecule has 0 fully saturated rings. The highest BCUT2D eigenvalue weighted by atomic mass is 32.1. The highest BCUT2D eigenvalue weighted by molar-refractivity contribution is 7.16. The monoisotopic (exact) mass is 261 g/mol. The fraction of sp³-hybridized carbons (Fsp3) is 0.182. The van der Waals surface area contributed by atoms with E-state index in [1.54, 1.807) is 24.6 Å². The molecule has 0 atom stereocenters. The number of anilines is 2. The Hall–Kier alpha value is -2.15. The van der Waals surface area contributed by atoms with Crippen molar-refractivity contribution in [1.29, 1.82) is 0 Å². The van der Waals surface area contributed by atoms with Crippen LogP contribution in [-0.2, 0) is 6.54 Å². The van der Waals surface area contributed by atoms with Crippen LogP contribution < -0.4 is 10.6 Å². The third-order valence-electron chi connectivity index (χ3n) is 2.48. The summed E-state index contributed by atoms with van der Waals surface area (Å²) in [6.45, 7) is 0.571. The van der Waals surface area contributed by atoms with Crippen molar-refractivity contribution in [2.45, 2.75) is 6.54 Å². The molecular weight excluding hydrogens is 250 g/mol. The van der Waals surface area contributed by atoms with Crippen molar-refractivity contribution < 1.29 is 4.52 Å². The van der Waals surface area contributed by atoms with E-state index >= 15 is 0 Å². The van der Waals surface area contributed by atoms with Gasteiger partial charge < -0.3 is 15.2 Å². The van der Waals surface area contributed by atoms with Gasteiger partial charge in [-0.3, -0.25) is 0 Å². The molecule has 0 aromatic carbocycles. The van der Waals surface area contributed by atoms with Crippen molar-refractivity contribution >= 4 is 33.3 Å². The third kappa shape index (κ3) is 2.00. The van der Waals surface area contributed by atoms with Crippen LogP contribution in [0.25, 0.3) is 10.2 Å². The van der Waals surface area contributed by atoms with Crippen LogP contribution in [0.1, 0.15) is 5.69 Å². The lowest BCUT2D eigenvalue weighted by Gasteiger charge is -2.06. The molecule has 3 rings (SSSR count). The standard InChI is InChI=1S/C11H11N5OS/c1-12-11-14-9(8-3-5-18-10(8)15-11)13-6-7-2-4-17-16-7/h2-5H,6H2,1H3,(H2,12,13,14,15). The lowest BCUT2D eigenvalue weighted by atomic mass is 10.3. The summed E-state index contributed by atoms with van der Waals surface area (Å²) < 4.78 is 4.79. The van der Waals surface area contributed by atoms with E-state index in [0.29, 0.717) is 12.5 Å². The number of rotatable bonds is 4. The van der Waals surface area contributed by atoms with E-state index in [9.17, 15) is 0 Å². The Bertz CT molecular complexity index is 649. The van der Waals surface area contributed by atoms with Gasteiger partial charge in [-0.1, -0.05) is 5.16 Å². The number of hydrogen-bond donors (Lipinski definition) is 2. The quantitative estimate of drug-likeness (QED) is 0.750. The molecule has 3 aromatic rings. The van der Waals surface area contributed by atoms with Gasteiger partial charge in [-0.05, 0) is 11.4 Å². The second-order valence-corrected chi connectivity index (χ2v) is 4.52. The first kappa shape index (κ1) is 11.0. The second kappa shape index (κ2) is 4.61. The van der Waals surface area contributed by atoms with Crippen LogP contribution in [0, 0.1) is 0 Å². The highest BCUT2D eigenvalue weighted by Gasteiger charge is 2.08. The van der Waals surface area contributed by atoms with E-state index in [2.05, 4.69) is 25.8 Å². The summed E-state index contributed by atoms with van der Waals surface area (Å²) in [6, 6.07) is 3.82. The van der Waals surface area contributed by atoms with Crippen molar-refractivity contribution in [2.24, 2.45) is 0 Å². The average molecular weight is 261 g/mol. The van der Waals surface area contributed by atoms with E-state index < -0.39 is 0 Å². The van der Waals surface area contributed by atoms with Crippen molar-refractivity contribution in [1.82, 2.24) is 15.1 Å². The first-order valence-corrected chi connectivity index (χ1v) is 6.31. The molecule has 2 N–H and O–H groups in total. The van der Waals surface area contributed by atoms with Gasteiger partial charge in [0.05, 0.1) is 11.9 Å². The molecule has 0 spiro atoms. The molecule has 0 aliphatic carbocycles. The molecule has 0 unspecified atom stereocenters. The van der Waals surface area contributed by atoms with Gasteiger partial charge in [0.15, 0.2) is 0 Å². The number of nitrogens with one attached hydrogen (secondary N) is 2. The number of hydrogen-bond acceptors (Lipinski definition) is 7. The Morgan fingerprint density at radius 1 is 1.33 bits per heavy atom. The van der Waals surface area contributed by atoms with Gasteiger partial charge in [0.1, 0.15) is 22.6 Å². The first-order chi connectivity index (χ1) is 8.86. The van der Waals surface area contributed by atoms with Crippen LogP contribution in [0.15, 0.2) is 28.3 Å². The number of aromatic nitrogens is 3. The normalized spacial score (nSPS) is 10.7. The molecule has 0 saturated heterocycles. The van der Waals surface area contributed by atoms with Gasteiger partial charge in [-0.15, -0.1) is 11.3 Å². The molecule has 0 radical (unpaired) electrons. The zero-order chi connectivity index (χ0) is 12.4. The smallest absolute Gasteiger partial charge is 0.225 e. The largest absolute Gasteiger partial charge is 0.364 e. The van der Waals surface area contributed by atoms with E-state index in [4.69, 9.17) is 4.52 Å². The lowest BCUT2D eigenvalue weighted by molar-refractivity contribution is 0.412. The van der Waals surface area contributed by atoms with Crippen molar-refractivity contribution in [2.75, 3.05) is 17.7 Å². The molecule has 92 valence electrons. The minimum Gasteiger partial charge on any atom is -0.364 e. The SMILES string of the molecule is CNc1nc(NCc2ccon2)c2ccsc2n1. The van der Waals surface area contributed by atoms with E-state index in [-0.39, 0.29) is 0 Å². The van der Waals surface area contributed by atoms with E-state index in [1.807, 2.05) is 17.5 Å². The fourth-order valence-corrected chi connectivity index (χ4v) is 2.37. The Balaban J connectivity index is 1.92. The summed E-state index contributed by atoms with van der Waals surface area (Å²) in [5, 5.41) is 13.1. The molecule has 0 saturated carbocycles. The minimum atomic E-state index is 0.571. The van der Waals surface area contributed by atoms with Gasteiger partial charge in [0, 0.05) is 13.1 Å². The Kier molecular flexibility index (Phi) is 2.81. The molecule has 6 nitrogen and oxygen atoms in total. The highest BCUT2D eigenvalue weighted by Crippen LogP contribution is 2.26. The van der Waals surface area contributed by atoms with E-state index in [1.165, 1.54) is 0 Å². The van der Waals surface area contributed by atoms with Crippen LogP contribution in [0.3, 0.4) is 0 Å². The lowest BCUT2D eigenvalue weighted by Crippen LogP contribution is -2.05. The Morgan fingerprint density at radius 2 is 2.28 bits per heavy atom. The van der Waals surface area contributed by atoms with Gasteiger partial charge in [-0.25, -0.2) is 4.98 Å². The molecule has 3 aromatic heterocycles. The zero-order valence-corrected chi connectivity index (χ0v) is 10.5. The molecule has 0 aliphatic rings. The summed E-state index contributed by atoms with van der Waals surface area (Å²) in [6.07, 6.45) is 1.55. The van der Waals surface area contributed by atoms with Gasteiger partial charge in [-0.2, -0.15) is 4.98 Å². The van der Waals surface area contributed by atoms with Crippen LogP contribution in [0.5, 0.6) is 0 Å². The number of fused-ring (bicyclic) bond motifs is 1. The molecule has 0 aliphatic heterocycles. The van der Waals surface area contributed by atoms with Gasteiger partial charge in [0.25, 0.3) is 0 Å². The van der Waals surface area contributed by atoms with Crippen molar-refractivity contribution in [3.8, 4) is 0 Å². The van der Waals surface area contributed by atoms with Crippen LogP contribution in [0.4, 0.5) is 11.8 Å². The fourth-order valence-electron chi connectivity index (χ4n) is 1.60. The maximum atomic E-state index is 4.79. The van der Waals surface area contributed by atoms with E-state index in [0.717, 1.165) is 21.7 Å². The van der Waals surface area contributed by atoms with Gasteiger partial charge in [0.2, 0.25) is 5.95 Å². The Labute approximate surface area is 107 Å². The summed E-state index contributed by atoms with van der Waals surface area (Å²) in [7, 11) is 1.80. The predicted octanol–water partition coefficient (Wildman–Crippen LogP) is 2.33. The Morgan fingerprint density at radius 3 is 3.06 bits per heavy atom. The van der Waals surface area contributed by atoms with Crippen molar-refractivity contribution in [3.05, 3.63) is 29.5 Å². The van der Waals surface area contributed by atoms with Gasteiger partial charge >= 0.3 is 0 Å². The summed E-state index contributed by atoms with van der Waals surface area (Å²) in [5.41, 5.74) is 0.836. The molecule has 0 bridgehead atoms. The number of thiophene rings is 1. The minimum absolute atomic E-state index is 0.571. The maximum Gasteiger partial charge on any atom is 0.225 e. The van der Waals surface area contributed by atoms with Crippen LogP contribution in [0.2, 0.25) is 0 Å². The first-order valence-electron chi connectivity index (χ1n) is 5.43. The predicted molar refractivity (Wildman–Crippen MR) is 70.8 cm³/mol. The number of nitrogens with zero attached hydrogens (tertiary/aromatic N) is 3. The molecular formula is C11H11N5OS. The third-order valence-corrected chi connectivity index (χ3v) is 3.28. The molecule has 7 heteroatoms. The van der Waals surface area contributed by atoms with Crippen LogP contribution >= 0.6 is 11.3 Å². The van der Waals surface area contributed by atoms with Crippen LogP contribution in [-0.4, -0.2) is 22.2 Å². The topological polar surface area (TPSA) is 75.9 Å². The summed E-state index contributed by atoms with van der Waals surface area (Å²) in [4.78, 5) is 9.74. The molecule has 0 amide bonds. The summed E-state index contributed by atoms with van der Waals surface area (Å²) >= 11 is 1.59. The second-order valence-electron chi connectivity index (χ2n) is 3.63. The summed E-state index contributed by atoms with van der Waals surface area (Å²) in [5.74, 6) is 1.40. The molecule has 3 heterocycles. The maximum absolute atomic E-state index is 4.79. The zero-order valence-electron chi connectivity index (χ0n) is 9.67. The van der Waals surface area contributed by atoms with Crippen molar-refractivity contribution in [3.63, 3.8) is 0 Å². The molecule has 18 heavy (non-hydrogen) atoms.